The number of phosphoric ester groups is 2. The second kappa shape index (κ2) is 70.1. The van der Waals surface area contributed by atoms with Gasteiger partial charge in [0.15, 0.2) is 12.2 Å². The molecule has 0 aromatic carbocycles. The van der Waals surface area contributed by atoms with Crippen molar-refractivity contribution >= 4 is 39.5 Å². The molecule has 0 aromatic rings. The SMILES string of the molecule is CCC(C)CCCCCCCCC(=O)O[C@H](COC(=O)CCCCCCCCCCCCCCCCCCC(C)C)COP(=O)(O)OCC(O)COP(=O)(O)OC[C@@H](COC(=O)CCCCCCCCCC(C)C)OC(=O)CCCCCCCCCCCCCCCCCCCCC(C)C. The van der Waals surface area contributed by atoms with E-state index in [1.54, 1.807) is 0 Å². The van der Waals surface area contributed by atoms with Gasteiger partial charge in [0.25, 0.3) is 0 Å². The molecule has 6 atom stereocenters. The van der Waals surface area contributed by atoms with E-state index in [0.717, 1.165) is 114 Å². The summed E-state index contributed by atoms with van der Waals surface area (Å²) < 4.78 is 68.6. The summed E-state index contributed by atoms with van der Waals surface area (Å²) in [5.41, 5.74) is 0. The van der Waals surface area contributed by atoms with E-state index in [9.17, 15) is 43.2 Å². The number of hydrogen-bond donors (Lipinski definition) is 3. The van der Waals surface area contributed by atoms with Crippen LogP contribution in [0.5, 0.6) is 0 Å². The molecule has 594 valence electrons. The van der Waals surface area contributed by atoms with E-state index in [2.05, 4.69) is 55.4 Å². The van der Waals surface area contributed by atoms with Crippen molar-refractivity contribution in [3.63, 3.8) is 0 Å². The number of unbranched alkanes of at least 4 members (excludes halogenated alkanes) is 43. The van der Waals surface area contributed by atoms with Gasteiger partial charge in [0.2, 0.25) is 0 Å². The monoisotopic (exact) mass is 1470 g/mol. The zero-order chi connectivity index (χ0) is 73.8. The van der Waals surface area contributed by atoms with E-state index in [0.29, 0.717) is 31.6 Å². The molecule has 17 nitrogen and oxygen atoms in total. The third-order valence-corrected chi connectivity index (χ3v) is 21.1. The van der Waals surface area contributed by atoms with E-state index in [1.165, 1.54) is 212 Å². The topological polar surface area (TPSA) is 237 Å². The van der Waals surface area contributed by atoms with Crippen LogP contribution in [-0.2, 0) is 65.4 Å². The lowest BCUT2D eigenvalue weighted by atomic mass is 10.00. The van der Waals surface area contributed by atoms with E-state index < -0.39 is 97.5 Å². The summed E-state index contributed by atoms with van der Waals surface area (Å²) >= 11 is 0. The standard InChI is InChI=1S/C81H158O17P2/c1-9-74(8)60-52-44-39-40-48-56-64-81(86)98-77(68-91-78(83)61-53-45-36-30-26-22-18-15-14-17-21-25-29-34-42-50-58-72(4)5)70-96-100(89,90)94-66-75(82)65-93-99(87,88)95-69-76(67-92-79(84)62-54-46-38-32-35-43-51-59-73(6)7)97-80(85)63-55-47-37-31-27-23-19-13-11-10-12-16-20-24-28-33-41-49-57-71(2)3/h71-77,82H,9-70H2,1-8H3,(H,87,88)(H,89,90)/t74?,75?,76-,77-/m1/s1. The molecule has 0 aromatic heterocycles. The van der Waals surface area contributed by atoms with Gasteiger partial charge in [-0.15, -0.1) is 0 Å². The van der Waals surface area contributed by atoms with Crippen LogP contribution < -0.4 is 0 Å². The summed E-state index contributed by atoms with van der Waals surface area (Å²) in [6, 6.07) is 0. The first kappa shape index (κ1) is 98.1. The Bertz CT molecular complexity index is 1960. The van der Waals surface area contributed by atoms with Gasteiger partial charge in [-0.25, -0.2) is 9.13 Å². The first-order chi connectivity index (χ1) is 48.1. The fraction of sp³-hybridized carbons (Fsp3) is 0.951. The number of aliphatic hydroxyl groups is 1. The van der Waals surface area contributed by atoms with Crippen LogP contribution in [0.1, 0.15) is 415 Å². The zero-order valence-corrected chi connectivity index (χ0v) is 67.6. The molecule has 0 fully saturated rings. The number of hydrogen-bond acceptors (Lipinski definition) is 15. The van der Waals surface area contributed by atoms with Crippen LogP contribution in [0.4, 0.5) is 0 Å². The lowest BCUT2D eigenvalue weighted by molar-refractivity contribution is -0.161. The van der Waals surface area contributed by atoms with E-state index in [-0.39, 0.29) is 25.7 Å². The Hall–Kier alpha value is -1.94. The molecular formula is C81H158O17P2. The Labute approximate surface area is 613 Å². The Balaban J connectivity index is 5.14. The third-order valence-electron chi connectivity index (χ3n) is 19.2. The quantitative estimate of drug-likeness (QED) is 0.0222. The Kier molecular flexibility index (Phi) is 68.7. The summed E-state index contributed by atoms with van der Waals surface area (Å²) in [7, 11) is -9.92. The Morgan fingerprint density at radius 3 is 0.710 bits per heavy atom. The van der Waals surface area contributed by atoms with Gasteiger partial charge in [0, 0.05) is 25.7 Å². The summed E-state index contributed by atoms with van der Waals surface area (Å²) in [4.78, 5) is 72.9. The molecule has 0 aliphatic heterocycles. The van der Waals surface area contributed by atoms with Crippen LogP contribution in [0.15, 0.2) is 0 Å². The van der Waals surface area contributed by atoms with Gasteiger partial charge in [-0.3, -0.25) is 37.3 Å². The van der Waals surface area contributed by atoms with Crippen molar-refractivity contribution in [2.75, 3.05) is 39.6 Å². The average Bonchev–Trinajstić information content (AvgIpc) is 0.922. The van der Waals surface area contributed by atoms with Crippen LogP contribution in [0.3, 0.4) is 0 Å². The van der Waals surface area contributed by atoms with E-state index in [1.807, 2.05) is 0 Å². The van der Waals surface area contributed by atoms with Crippen molar-refractivity contribution in [3.8, 4) is 0 Å². The molecule has 4 unspecified atom stereocenters. The fourth-order valence-electron chi connectivity index (χ4n) is 12.4. The molecule has 0 bridgehead atoms. The van der Waals surface area contributed by atoms with Gasteiger partial charge in [0.1, 0.15) is 19.3 Å². The third kappa shape index (κ3) is 73.0. The van der Waals surface area contributed by atoms with Gasteiger partial charge in [-0.1, -0.05) is 364 Å². The summed E-state index contributed by atoms with van der Waals surface area (Å²) in [5.74, 6) is 0.939. The van der Waals surface area contributed by atoms with Gasteiger partial charge in [0.05, 0.1) is 26.4 Å². The first-order valence-corrected chi connectivity index (χ1v) is 44.7. The number of carbonyl (C=O) groups excluding carboxylic acids is 4. The van der Waals surface area contributed by atoms with Crippen LogP contribution in [0.25, 0.3) is 0 Å². The zero-order valence-electron chi connectivity index (χ0n) is 65.8. The molecule has 0 saturated heterocycles. The summed E-state index contributed by atoms with van der Waals surface area (Å²) in [6.45, 7) is 14.2. The second-order valence-corrected chi connectivity index (χ2v) is 33.7. The lowest BCUT2D eigenvalue weighted by Gasteiger charge is -2.21. The number of ether oxygens (including phenoxy) is 4. The molecule has 0 rings (SSSR count). The van der Waals surface area contributed by atoms with Gasteiger partial charge >= 0.3 is 39.5 Å². The van der Waals surface area contributed by atoms with Crippen LogP contribution in [0, 0.1) is 23.7 Å². The number of rotatable bonds is 78. The average molecular weight is 1470 g/mol. The number of aliphatic hydroxyl groups excluding tert-OH is 1. The smallest absolute Gasteiger partial charge is 0.462 e. The van der Waals surface area contributed by atoms with Gasteiger partial charge in [-0.2, -0.15) is 0 Å². The lowest BCUT2D eigenvalue weighted by Crippen LogP contribution is -2.30. The van der Waals surface area contributed by atoms with Crippen LogP contribution >= 0.6 is 15.6 Å². The Morgan fingerprint density at radius 1 is 0.280 bits per heavy atom. The summed E-state index contributed by atoms with van der Waals surface area (Å²) in [6.07, 6.45) is 57.2. The van der Waals surface area contributed by atoms with Gasteiger partial charge < -0.3 is 33.8 Å². The summed E-state index contributed by atoms with van der Waals surface area (Å²) in [5, 5.41) is 10.6. The molecule has 0 amide bonds. The molecule has 0 aliphatic rings. The highest BCUT2D eigenvalue weighted by Gasteiger charge is 2.30. The highest BCUT2D eigenvalue weighted by Crippen LogP contribution is 2.45. The van der Waals surface area contributed by atoms with Crippen molar-refractivity contribution in [1.29, 1.82) is 0 Å². The molecule has 3 N–H and O–H groups in total. The van der Waals surface area contributed by atoms with Crippen molar-refractivity contribution in [3.05, 3.63) is 0 Å². The molecule has 0 radical (unpaired) electrons. The van der Waals surface area contributed by atoms with Crippen molar-refractivity contribution < 1.29 is 80.2 Å². The largest absolute Gasteiger partial charge is 0.472 e. The maximum Gasteiger partial charge on any atom is 0.472 e. The maximum atomic E-state index is 13.1. The molecule has 100 heavy (non-hydrogen) atoms. The highest BCUT2D eigenvalue weighted by molar-refractivity contribution is 7.47. The maximum absolute atomic E-state index is 13.1. The van der Waals surface area contributed by atoms with Crippen LogP contribution in [-0.4, -0.2) is 96.7 Å². The molecule has 0 saturated carbocycles. The second-order valence-electron chi connectivity index (χ2n) is 30.8. The minimum atomic E-state index is -4.96. The molecular weight excluding hydrogens is 1310 g/mol. The predicted octanol–water partition coefficient (Wildman–Crippen LogP) is 24.0. The Morgan fingerprint density at radius 2 is 0.480 bits per heavy atom. The van der Waals surface area contributed by atoms with Crippen LogP contribution in [0.2, 0.25) is 0 Å². The molecule has 0 aliphatic carbocycles. The van der Waals surface area contributed by atoms with Crippen molar-refractivity contribution in [1.82, 2.24) is 0 Å². The molecule has 0 heterocycles. The van der Waals surface area contributed by atoms with Crippen molar-refractivity contribution in [2.45, 2.75) is 433 Å². The molecule has 19 heteroatoms. The van der Waals surface area contributed by atoms with Gasteiger partial charge in [-0.05, 0) is 49.4 Å². The molecule has 0 spiro atoms. The normalized spacial score (nSPS) is 14.3. The van der Waals surface area contributed by atoms with E-state index >= 15 is 0 Å². The number of phosphoric acid groups is 2. The predicted molar refractivity (Wildman–Crippen MR) is 409 cm³/mol. The fourth-order valence-corrected chi connectivity index (χ4v) is 14.0. The number of esters is 4. The minimum absolute atomic E-state index is 0.103. The van der Waals surface area contributed by atoms with Crippen molar-refractivity contribution in [2.24, 2.45) is 23.7 Å². The first-order valence-electron chi connectivity index (χ1n) is 41.7. The minimum Gasteiger partial charge on any atom is -0.462 e. The van der Waals surface area contributed by atoms with E-state index in [4.69, 9.17) is 37.0 Å². The highest BCUT2D eigenvalue weighted by atomic mass is 31.2. The number of carbonyl (C=O) groups is 4.